The quantitative estimate of drug-likeness (QED) is 0.618. The zero-order valence-electron chi connectivity index (χ0n) is 8.49. The molecule has 0 amide bonds. The SMILES string of the molecule is C=C(C(C)NCC)C(C)(C)C. The Labute approximate surface area is 70.9 Å². The third-order valence-corrected chi connectivity index (χ3v) is 2.00. The molecule has 0 saturated carbocycles. The van der Waals surface area contributed by atoms with Crippen molar-refractivity contribution in [3.8, 4) is 0 Å². The van der Waals surface area contributed by atoms with Gasteiger partial charge in [0.25, 0.3) is 0 Å². The van der Waals surface area contributed by atoms with E-state index >= 15 is 0 Å². The lowest BCUT2D eigenvalue weighted by Gasteiger charge is -2.27. The lowest BCUT2D eigenvalue weighted by atomic mass is 9.84. The van der Waals surface area contributed by atoms with Crippen molar-refractivity contribution < 1.29 is 0 Å². The molecule has 0 aromatic carbocycles. The van der Waals surface area contributed by atoms with Gasteiger partial charge >= 0.3 is 0 Å². The second kappa shape index (κ2) is 3.91. The highest BCUT2D eigenvalue weighted by Crippen LogP contribution is 2.25. The van der Waals surface area contributed by atoms with Gasteiger partial charge in [-0.25, -0.2) is 0 Å². The molecule has 1 unspecified atom stereocenters. The predicted octanol–water partition coefficient (Wildman–Crippen LogP) is 2.59. The van der Waals surface area contributed by atoms with Crippen LogP contribution in [0.5, 0.6) is 0 Å². The van der Waals surface area contributed by atoms with Crippen LogP contribution in [0.15, 0.2) is 12.2 Å². The highest BCUT2D eigenvalue weighted by molar-refractivity contribution is 5.12. The Morgan fingerprint density at radius 3 is 2.18 bits per heavy atom. The summed E-state index contributed by atoms with van der Waals surface area (Å²) in [4.78, 5) is 0. The predicted molar refractivity (Wildman–Crippen MR) is 51.7 cm³/mol. The Hall–Kier alpha value is -0.300. The second-order valence-electron chi connectivity index (χ2n) is 4.05. The monoisotopic (exact) mass is 155 g/mol. The maximum atomic E-state index is 4.08. The third-order valence-electron chi connectivity index (χ3n) is 2.00. The van der Waals surface area contributed by atoms with Crippen LogP contribution in [0.4, 0.5) is 0 Å². The van der Waals surface area contributed by atoms with E-state index in [0.717, 1.165) is 6.54 Å². The molecule has 0 saturated heterocycles. The van der Waals surface area contributed by atoms with Gasteiger partial charge in [0.05, 0.1) is 0 Å². The number of nitrogens with one attached hydrogen (secondary N) is 1. The summed E-state index contributed by atoms with van der Waals surface area (Å²) in [6.45, 7) is 16.0. The van der Waals surface area contributed by atoms with Crippen LogP contribution in [0.1, 0.15) is 34.6 Å². The van der Waals surface area contributed by atoms with Crippen LogP contribution in [0.3, 0.4) is 0 Å². The second-order valence-corrected chi connectivity index (χ2v) is 4.05. The number of hydrogen-bond donors (Lipinski definition) is 1. The van der Waals surface area contributed by atoms with Crippen molar-refractivity contribution in [3.63, 3.8) is 0 Å². The molecule has 66 valence electrons. The van der Waals surface area contributed by atoms with Gasteiger partial charge in [-0.1, -0.05) is 39.8 Å². The summed E-state index contributed by atoms with van der Waals surface area (Å²) >= 11 is 0. The van der Waals surface area contributed by atoms with Gasteiger partial charge in [-0.05, 0) is 18.9 Å². The molecule has 0 rings (SSSR count). The van der Waals surface area contributed by atoms with E-state index in [1.807, 2.05) is 0 Å². The minimum atomic E-state index is 0.224. The highest BCUT2D eigenvalue weighted by atomic mass is 14.9. The van der Waals surface area contributed by atoms with E-state index in [9.17, 15) is 0 Å². The van der Waals surface area contributed by atoms with E-state index in [1.54, 1.807) is 0 Å². The molecule has 0 fully saturated rings. The van der Waals surface area contributed by atoms with Gasteiger partial charge in [0.2, 0.25) is 0 Å². The maximum Gasteiger partial charge on any atom is 0.0253 e. The summed E-state index contributed by atoms with van der Waals surface area (Å²) in [6.07, 6.45) is 0. The summed E-state index contributed by atoms with van der Waals surface area (Å²) in [7, 11) is 0. The normalized spacial score (nSPS) is 14.6. The first kappa shape index (κ1) is 10.7. The lowest BCUT2D eigenvalue weighted by Crippen LogP contribution is -2.32. The molecule has 0 heterocycles. The summed E-state index contributed by atoms with van der Waals surface area (Å²) < 4.78 is 0. The average Bonchev–Trinajstić information content (AvgIpc) is 1.85. The number of hydrogen-bond acceptors (Lipinski definition) is 1. The molecule has 1 atom stereocenters. The summed E-state index contributed by atoms with van der Waals surface area (Å²) in [5.74, 6) is 0. The van der Waals surface area contributed by atoms with E-state index in [2.05, 4.69) is 46.5 Å². The molecule has 0 radical (unpaired) electrons. The van der Waals surface area contributed by atoms with Gasteiger partial charge in [-0.2, -0.15) is 0 Å². The Kier molecular flexibility index (Phi) is 3.81. The minimum Gasteiger partial charge on any atom is -0.311 e. The highest BCUT2D eigenvalue weighted by Gasteiger charge is 2.18. The Morgan fingerprint density at radius 2 is 1.91 bits per heavy atom. The van der Waals surface area contributed by atoms with Crippen molar-refractivity contribution in [2.24, 2.45) is 5.41 Å². The number of rotatable bonds is 3. The molecule has 1 heteroatoms. The molecule has 0 spiro atoms. The van der Waals surface area contributed by atoms with Crippen molar-refractivity contribution in [1.82, 2.24) is 5.32 Å². The first-order valence-corrected chi connectivity index (χ1v) is 4.32. The fraction of sp³-hybridized carbons (Fsp3) is 0.800. The van der Waals surface area contributed by atoms with Gasteiger partial charge in [0.15, 0.2) is 0 Å². The van der Waals surface area contributed by atoms with Crippen LogP contribution in [0.25, 0.3) is 0 Å². The van der Waals surface area contributed by atoms with Crippen molar-refractivity contribution in [2.75, 3.05) is 6.54 Å². The lowest BCUT2D eigenvalue weighted by molar-refractivity contribution is 0.443. The van der Waals surface area contributed by atoms with Crippen molar-refractivity contribution >= 4 is 0 Å². The van der Waals surface area contributed by atoms with Gasteiger partial charge in [-0.3, -0.25) is 0 Å². The van der Waals surface area contributed by atoms with Crippen LogP contribution >= 0.6 is 0 Å². The van der Waals surface area contributed by atoms with E-state index < -0.39 is 0 Å². The van der Waals surface area contributed by atoms with Crippen molar-refractivity contribution in [2.45, 2.75) is 40.7 Å². The fourth-order valence-corrected chi connectivity index (χ4v) is 1.08. The van der Waals surface area contributed by atoms with E-state index in [-0.39, 0.29) is 5.41 Å². The molecule has 0 aliphatic carbocycles. The van der Waals surface area contributed by atoms with Crippen molar-refractivity contribution in [1.29, 1.82) is 0 Å². The van der Waals surface area contributed by atoms with Gasteiger partial charge in [-0.15, -0.1) is 0 Å². The van der Waals surface area contributed by atoms with Gasteiger partial charge in [0.1, 0.15) is 0 Å². The van der Waals surface area contributed by atoms with Crippen LogP contribution < -0.4 is 5.32 Å². The fourth-order valence-electron chi connectivity index (χ4n) is 1.08. The topological polar surface area (TPSA) is 12.0 Å². The first-order valence-electron chi connectivity index (χ1n) is 4.32. The van der Waals surface area contributed by atoms with E-state index in [0.29, 0.717) is 6.04 Å². The average molecular weight is 155 g/mol. The Bertz CT molecular complexity index is 130. The Morgan fingerprint density at radius 1 is 1.45 bits per heavy atom. The molecule has 1 nitrogen and oxygen atoms in total. The molecule has 0 bridgehead atoms. The molecular formula is C10H21N. The molecule has 0 aliphatic heterocycles. The number of likely N-dealkylation sites (N-methyl/N-ethyl adjacent to an activating group) is 1. The summed E-state index contributed by atoms with van der Waals surface area (Å²) in [6, 6.07) is 0.431. The zero-order chi connectivity index (χ0) is 9.07. The van der Waals surface area contributed by atoms with Gasteiger partial charge in [0, 0.05) is 6.04 Å². The zero-order valence-corrected chi connectivity index (χ0v) is 8.49. The van der Waals surface area contributed by atoms with Crippen LogP contribution in [0.2, 0.25) is 0 Å². The largest absolute Gasteiger partial charge is 0.311 e. The smallest absolute Gasteiger partial charge is 0.0253 e. The van der Waals surface area contributed by atoms with Gasteiger partial charge < -0.3 is 5.32 Å². The first-order chi connectivity index (χ1) is 4.89. The molecule has 0 aromatic rings. The molecule has 1 N–H and O–H groups in total. The maximum absolute atomic E-state index is 4.08. The van der Waals surface area contributed by atoms with Crippen LogP contribution in [-0.4, -0.2) is 12.6 Å². The summed E-state index contributed by atoms with van der Waals surface area (Å²) in [5, 5.41) is 3.35. The Balaban J connectivity index is 4.03. The van der Waals surface area contributed by atoms with E-state index in [4.69, 9.17) is 0 Å². The standard InChI is InChI=1S/C10H21N/c1-7-11-9(3)8(2)10(4,5)6/h9,11H,2,7H2,1,3-6H3. The van der Waals surface area contributed by atoms with Crippen LogP contribution in [0, 0.1) is 5.41 Å². The summed E-state index contributed by atoms with van der Waals surface area (Å²) in [5.41, 5.74) is 1.50. The molecule has 0 aromatic heterocycles. The minimum absolute atomic E-state index is 0.224. The van der Waals surface area contributed by atoms with Crippen LogP contribution in [-0.2, 0) is 0 Å². The third kappa shape index (κ3) is 3.57. The molecule has 0 aliphatic rings. The van der Waals surface area contributed by atoms with Crippen molar-refractivity contribution in [3.05, 3.63) is 12.2 Å². The van der Waals surface area contributed by atoms with E-state index in [1.165, 1.54) is 5.57 Å². The molecular weight excluding hydrogens is 134 g/mol. The molecule has 11 heavy (non-hydrogen) atoms.